The van der Waals surface area contributed by atoms with E-state index in [2.05, 4.69) is 6.58 Å². The van der Waals surface area contributed by atoms with E-state index >= 15 is 0 Å². The Balaban J connectivity index is 2.95. The first-order chi connectivity index (χ1) is 9.47. The zero-order valence-corrected chi connectivity index (χ0v) is 11.3. The van der Waals surface area contributed by atoms with Crippen LogP contribution in [0.1, 0.15) is 28.6 Å². The number of carbonyl (C=O) groups excluding carboxylic acids is 1. The molecule has 1 aromatic carbocycles. The summed E-state index contributed by atoms with van der Waals surface area (Å²) in [5.74, 6) is -0.218. The summed E-state index contributed by atoms with van der Waals surface area (Å²) in [6.45, 7) is 6.51. The van der Waals surface area contributed by atoms with Crippen molar-refractivity contribution in [3.05, 3.63) is 58.0 Å². The van der Waals surface area contributed by atoms with Gasteiger partial charge in [-0.1, -0.05) is 18.7 Å². The maximum atomic E-state index is 12.3. The Kier molecular flexibility index (Phi) is 3.57. The van der Waals surface area contributed by atoms with Gasteiger partial charge < -0.3 is 9.52 Å². The van der Waals surface area contributed by atoms with E-state index in [0.29, 0.717) is 11.3 Å². The molecule has 0 aliphatic carbocycles. The summed E-state index contributed by atoms with van der Waals surface area (Å²) in [4.78, 5) is 23.9. The quantitative estimate of drug-likeness (QED) is 0.687. The van der Waals surface area contributed by atoms with Crippen LogP contribution in [-0.2, 0) is 0 Å². The molecule has 0 unspecified atom stereocenters. The Morgan fingerprint density at radius 1 is 1.40 bits per heavy atom. The topological polar surface area (TPSA) is 67.5 Å². The average Bonchev–Trinajstić information content (AvgIpc) is 2.40. The molecule has 102 valence electrons. The van der Waals surface area contributed by atoms with Crippen LogP contribution in [0.15, 0.2) is 40.1 Å². The molecule has 2 aromatic rings. The van der Waals surface area contributed by atoms with Crippen LogP contribution in [0.25, 0.3) is 17.0 Å². The van der Waals surface area contributed by atoms with Crippen molar-refractivity contribution in [3.63, 3.8) is 0 Å². The molecule has 0 aliphatic heterocycles. The minimum absolute atomic E-state index is 0.0212. The van der Waals surface area contributed by atoms with Gasteiger partial charge in [-0.25, -0.2) is 0 Å². The highest BCUT2D eigenvalue weighted by atomic mass is 16.3. The van der Waals surface area contributed by atoms with Crippen LogP contribution in [0.4, 0.5) is 0 Å². The standard InChI is InChI=1S/C16H14O4/c1-4-5-6-13-9(2)15(19)11-7-8-12(18)14(10(3)17)16(11)20-13/h4-8,18H,1H2,2-3H3. The number of carbonyl (C=O) groups is 1. The summed E-state index contributed by atoms with van der Waals surface area (Å²) in [6.07, 6.45) is 4.78. The van der Waals surface area contributed by atoms with Crippen molar-refractivity contribution in [2.45, 2.75) is 13.8 Å². The van der Waals surface area contributed by atoms with Crippen LogP contribution in [-0.4, -0.2) is 10.9 Å². The van der Waals surface area contributed by atoms with Gasteiger partial charge in [-0.15, -0.1) is 0 Å². The highest BCUT2D eigenvalue weighted by Gasteiger charge is 2.18. The van der Waals surface area contributed by atoms with Crippen molar-refractivity contribution in [1.29, 1.82) is 0 Å². The van der Waals surface area contributed by atoms with Crippen LogP contribution in [0.3, 0.4) is 0 Å². The Morgan fingerprint density at radius 3 is 2.70 bits per heavy atom. The molecule has 0 saturated heterocycles. The summed E-state index contributed by atoms with van der Waals surface area (Å²) in [5, 5.41) is 10.1. The fourth-order valence-electron chi connectivity index (χ4n) is 2.01. The molecule has 4 heteroatoms. The summed E-state index contributed by atoms with van der Waals surface area (Å²) in [5.41, 5.74) is 0.345. The van der Waals surface area contributed by atoms with Crippen LogP contribution in [0.2, 0.25) is 0 Å². The van der Waals surface area contributed by atoms with E-state index in [1.165, 1.54) is 19.1 Å². The second-order valence-corrected chi connectivity index (χ2v) is 4.41. The van der Waals surface area contributed by atoms with Gasteiger partial charge in [0, 0.05) is 5.56 Å². The number of aromatic hydroxyl groups is 1. The highest BCUT2D eigenvalue weighted by Crippen LogP contribution is 2.28. The second kappa shape index (κ2) is 5.17. The number of ketones is 1. The molecular formula is C16H14O4. The highest BCUT2D eigenvalue weighted by molar-refractivity contribution is 6.07. The smallest absolute Gasteiger partial charge is 0.196 e. The molecule has 1 aromatic heterocycles. The van der Waals surface area contributed by atoms with Gasteiger partial charge in [-0.3, -0.25) is 9.59 Å². The van der Waals surface area contributed by atoms with E-state index in [9.17, 15) is 14.7 Å². The molecule has 0 bridgehead atoms. The fourth-order valence-corrected chi connectivity index (χ4v) is 2.01. The third kappa shape index (κ3) is 2.16. The third-order valence-corrected chi connectivity index (χ3v) is 3.04. The Morgan fingerprint density at radius 2 is 2.10 bits per heavy atom. The first-order valence-electron chi connectivity index (χ1n) is 6.06. The zero-order chi connectivity index (χ0) is 14.9. The zero-order valence-electron chi connectivity index (χ0n) is 11.3. The maximum absolute atomic E-state index is 12.3. The molecule has 0 radical (unpaired) electrons. The molecule has 0 atom stereocenters. The van der Waals surface area contributed by atoms with Crippen molar-refractivity contribution >= 4 is 22.8 Å². The number of fused-ring (bicyclic) bond motifs is 1. The first kappa shape index (κ1) is 13.8. The van der Waals surface area contributed by atoms with E-state index in [0.717, 1.165) is 0 Å². The Hall–Kier alpha value is -2.62. The van der Waals surface area contributed by atoms with Gasteiger partial charge in [0.25, 0.3) is 0 Å². The Labute approximate surface area is 115 Å². The van der Waals surface area contributed by atoms with E-state index in [1.807, 2.05) is 0 Å². The molecule has 2 rings (SSSR count). The summed E-state index contributed by atoms with van der Waals surface area (Å²) in [7, 11) is 0. The van der Waals surface area contributed by atoms with Crippen molar-refractivity contribution in [2.24, 2.45) is 0 Å². The van der Waals surface area contributed by atoms with E-state index < -0.39 is 0 Å². The third-order valence-electron chi connectivity index (χ3n) is 3.04. The van der Waals surface area contributed by atoms with Gasteiger partial charge in [0.1, 0.15) is 17.1 Å². The molecule has 0 aliphatic rings. The number of allylic oxidation sites excluding steroid dienone is 2. The molecule has 0 saturated carbocycles. The van der Waals surface area contributed by atoms with Gasteiger partial charge in [0.05, 0.1) is 5.39 Å². The molecule has 0 fully saturated rings. The van der Waals surface area contributed by atoms with Gasteiger partial charge in [0.2, 0.25) is 0 Å². The lowest BCUT2D eigenvalue weighted by Crippen LogP contribution is -2.09. The predicted molar refractivity (Wildman–Crippen MR) is 78.1 cm³/mol. The number of benzene rings is 1. The van der Waals surface area contributed by atoms with Gasteiger partial charge in [-0.2, -0.15) is 0 Å². The molecule has 1 heterocycles. The van der Waals surface area contributed by atoms with Crippen LogP contribution in [0.5, 0.6) is 5.75 Å². The molecule has 20 heavy (non-hydrogen) atoms. The number of rotatable bonds is 3. The Bertz CT molecular complexity index is 794. The summed E-state index contributed by atoms with van der Waals surface area (Å²) >= 11 is 0. The lowest BCUT2D eigenvalue weighted by atomic mass is 10.0. The maximum Gasteiger partial charge on any atom is 0.196 e. The van der Waals surface area contributed by atoms with Crippen molar-refractivity contribution in [3.8, 4) is 5.75 Å². The van der Waals surface area contributed by atoms with Crippen LogP contribution >= 0.6 is 0 Å². The predicted octanol–water partition coefficient (Wildman–Crippen LogP) is 3.21. The molecule has 0 spiro atoms. The number of hydrogen-bond donors (Lipinski definition) is 1. The van der Waals surface area contributed by atoms with E-state index in [1.54, 1.807) is 25.2 Å². The van der Waals surface area contributed by atoms with Crippen molar-refractivity contribution in [1.82, 2.24) is 0 Å². The first-order valence-corrected chi connectivity index (χ1v) is 6.06. The minimum Gasteiger partial charge on any atom is -0.507 e. The average molecular weight is 270 g/mol. The second-order valence-electron chi connectivity index (χ2n) is 4.41. The van der Waals surface area contributed by atoms with Gasteiger partial charge >= 0.3 is 0 Å². The van der Waals surface area contributed by atoms with Crippen molar-refractivity contribution < 1.29 is 14.3 Å². The fraction of sp³-hybridized carbons (Fsp3) is 0.125. The van der Waals surface area contributed by atoms with Crippen LogP contribution < -0.4 is 5.43 Å². The number of phenolic OH excluding ortho intramolecular Hbond substituents is 1. The van der Waals surface area contributed by atoms with Gasteiger partial charge in [-0.05, 0) is 32.1 Å². The van der Waals surface area contributed by atoms with Gasteiger partial charge in [0.15, 0.2) is 16.8 Å². The largest absolute Gasteiger partial charge is 0.507 e. The minimum atomic E-state index is -0.362. The lowest BCUT2D eigenvalue weighted by molar-refractivity contribution is 0.101. The monoisotopic (exact) mass is 270 g/mol. The van der Waals surface area contributed by atoms with E-state index in [4.69, 9.17) is 4.42 Å². The number of hydrogen-bond acceptors (Lipinski definition) is 4. The lowest BCUT2D eigenvalue weighted by Gasteiger charge is -2.07. The molecule has 0 amide bonds. The normalized spacial score (nSPS) is 11.1. The number of phenols is 1. The van der Waals surface area contributed by atoms with Crippen molar-refractivity contribution in [2.75, 3.05) is 0 Å². The summed E-state index contributed by atoms with van der Waals surface area (Å²) < 4.78 is 5.63. The molecular weight excluding hydrogens is 256 g/mol. The molecule has 4 nitrogen and oxygen atoms in total. The SMILES string of the molecule is C=CC=Cc1oc2c(C(C)=O)c(O)ccc2c(=O)c1C. The van der Waals surface area contributed by atoms with Crippen LogP contribution in [0, 0.1) is 6.92 Å². The summed E-state index contributed by atoms with van der Waals surface area (Å²) in [6, 6.07) is 2.78. The van der Waals surface area contributed by atoms with E-state index in [-0.39, 0.29) is 33.5 Å². The molecule has 1 N–H and O–H groups in total. The number of Topliss-reactive ketones (excluding diaryl/α,β-unsaturated/α-hetero) is 1.